The average Bonchev–Trinajstić information content (AvgIpc) is 2.90. The predicted molar refractivity (Wildman–Crippen MR) is 153 cm³/mol. The van der Waals surface area contributed by atoms with E-state index in [9.17, 15) is 22.8 Å². The van der Waals surface area contributed by atoms with Crippen molar-refractivity contribution in [2.75, 3.05) is 55.0 Å². The van der Waals surface area contributed by atoms with E-state index in [4.69, 9.17) is 11.6 Å². The number of nitrogens with one attached hydrogen (secondary N) is 4. The Balaban J connectivity index is 1.70. The highest BCUT2D eigenvalue weighted by atomic mass is 35.5. The molecular weight excluding hydrogens is 545 g/mol. The summed E-state index contributed by atoms with van der Waals surface area (Å²) in [7, 11) is 3.87. The van der Waals surface area contributed by atoms with Gasteiger partial charge in [-0.2, -0.15) is 13.2 Å². The van der Waals surface area contributed by atoms with E-state index in [1.54, 1.807) is 31.2 Å². The molecule has 0 aliphatic carbocycles. The van der Waals surface area contributed by atoms with Gasteiger partial charge >= 0.3 is 6.18 Å². The predicted octanol–water partition coefficient (Wildman–Crippen LogP) is 5.97. The molecule has 4 N–H and O–H groups in total. The molecule has 1 aliphatic heterocycles. The lowest BCUT2D eigenvalue weighted by atomic mass is 10.0. The van der Waals surface area contributed by atoms with E-state index in [0.29, 0.717) is 46.6 Å². The molecule has 12 heteroatoms. The van der Waals surface area contributed by atoms with Gasteiger partial charge in [0.25, 0.3) is 11.8 Å². The zero-order chi connectivity index (χ0) is 29.0. The third kappa shape index (κ3) is 6.72. The van der Waals surface area contributed by atoms with Crippen LogP contribution < -0.4 is 21.3 Å². The number of halogens is 4. The van der Waals surface area contributed by atoms with Crippen LogP contribution in [-0.4, -0.2) is 56.3 Å². The molecule has 1 aliphatic rings. The van der Waals surface area contributed by atoms with E-state index in [-0.39, 0.29) is 11.3 Å². The van der Waals surface area contributed by atoms with Crippen LogP contribution in [0.4, 0.5) is 35.9 Å². The van der Waals surface area contributed by atoms with E-state index < -0.39 is 29.1 Å². The largest absolute Gasteiger partial charge is 0.417 e. The van der Waals surface area contributed by atoms with Gasteiger partial charge in [0.1, 0.15) is 5.84 Å². The van der Waals surface area contributed by atoms with Crippen molar-refractivity contribution in [3.05, 3.63) is 81.9 Å². The van der Waals surface area contributed by atoms with Crippen molar-refractivity contribution in [1.29, 1.82) is 0 Å². The number of likely N-dealkylation sites (N-methyl/N-ethyl adjacent to an activating group) is 1. The summed E-state index contributed by atoms with van der Waals surface area (Å²) in [5, 5.41) is 12.2. The molecule has 4 rings (SSSR count). The third-order valence-corrected chi connectivity index (χ3v) is 6.61. The van der Waals surface area contributed by atoms with Crippen LogP contribution in [0, 0.1) is 6.92 Å². The highest BCUT2D eigenvalue weighted by Gasteiger charge is 2.35. The van der Waals surface area contributed by atoms with Crippen LogP contribution in [0.25, 0.3) is 0 Å². The summed E-state index contributed by atoms with van der Waals surface area (Å²) in [6, 6.07) is 12.6. The van der Waals surface area contributed by atoms with Gasteiger partial charge in [-0.1, -0.05) is 29.8 Å². The van der Waals surface area contributed by atoms with E-state index in [2.05, 4.69) is 26.3 Å². The van der Waals surface area contributed by atoms with Gasteiger partial charge in [0.05, 0.1) is 41.2 Å². The molecule has 8 nitrogen and oxygen atoms in total. The lowest BCUT2D eigenvalue weighted by Crippen LogP contribution is -2.31. The normalized spacial score (nSPS) is 13.8. The fourth-order valence-electron chi connectivity index (χ4n) is 4.07. The highest BCUT2D eigenvalue weighted by molar-refractivity contribution is 6.32. The SMILES string of the molecule is Cc1c(Cl)cccc1NC(=O)c1cc(NC(=O)c2ccccc2C(F)(F)F)cc2c1NC(=NCCN(C)C)CN2. The monoisotopic (exact) mass is 572 g/mol. The Morgan fingerprint density at radius 2 is 1.75 bits per heavy atom. The molecule has 3 aromatic carbocycles. The summed E-state index contributed by atoms with van der Waals surface area (Å²) in [5.74, 6) is -0.866. The van der Waals surface area contributed by atoms with Gasteiger partial charge < -0.3 is 26.2 Å². The number of amides is 2. The first-order valence-electron chi connectivity index (χ1n) is 12.3. The Morgan fingerprint density at radius 3 is 2.48 bits per heavy atom. The molecule has 0 aromatic heterocycles. The number of hydrogen-bond acceptors (Lipinski definition) is 5. The molecule has 0 atom stereocenters. The minimum atomic E-state index is -4.71. The Morgan fingerprint density at radius 1 is 1.02 bits per heavy atom. The number of nitrogens with zero attached hydrogens (tertiary/aromatic N) is 2. The first kappa shape index (κ1) is 28.9. The standard InChI is InChI=1S/C28H28ClF3N6O2/c1-16-21(29)9-6-10-22(16)36-27(40)19-13-17(35-26(39)18-7-4-5-8-20(18)28(30,31)32)14-23-25(19)37-24(15-34-23)33-11-12-38(2)3/h4-10,13-14,34H,11-12,15H2,1-3H3,(H,33,37)(H,35,39)(H,36,40). The minimum Gasteiger partial charge on any atom is -0.376 e. The van der Waals surface area contributed by atoms with E-state index in [1.807, 2.05) is 19.0 Å². The molecule has 0 fully saturated rings. The van der Waals surface area contributed by atoms with Gasteiger partial charge in [0.15, 0.2) is 0 Å². The minimum absolute atomic E-state index is 0.135. The van der Waals surface area contributed by atoms with Crippen LogP contribution >= 0.6 is 11.6 Å². The summed E-state index contributed by atoms with van der Waals surface area (Å²) < 4.78 is 40.5. The van der Waals surface area contributed by atoms with Crippen LogP contribution in [-0.2, 0) is 6.18 Å². The molecule has 2 amide bonds. The zero-order valence-corrected chi connectivity index (χ0v) is 22.8. The molecule has 3 aromatic rings. The van der Waals surface area contributed by atoms with E-state index in [1.165, 1.54) is 18.2 Å². The second-order valence-electron chi connectivity index (χ2n) is 9.42. The van der Waals surface area contributed by atoms with Crippen molar-refractivity contribution in [2.24, 2.45) is 4.99 Å². The maximum Gasteiger partial charge on any atom is 0.417 e. The summed E-state index contributed by atoms with van der Waals surface area (Å²) in [6.07, 6.45) is -4.71. The number of carbonyl (C=O) groups excluding carboxylic acids is 2. The average molecular weight is 573 g/mol. The van der Waals surface area contributed by atoms with Crippen molar-refractivity contribution in [2.45, 2.75) is 13.1 Å². The van der Waals surface area contributed by atoms with Gasteiger partial charge in [0, 0.05) is 22.9 Å². The second-order valence-corrected chi connectivity index (χ2v) is 9.83. The van der Waals surface area contributed by atoms with Crippen molar-refractivity contribution >= 4 is 52.0 Å². The Kier molecular flexibility index (Phi) is 8.65. The number of fused-ring (bicyclic) bond motifs is 1. The van der Waals surface area contributed by atoms with Crippen LogP contribution in [0.2, 0.25) is 5.02 Å². The highest BCUT2D eigenvalue weighted by Crippen LogP contribution is 2.36. The Bertz CT molecular complexity index is 1470. The molecule has 0 saturated heterocycles. The zero-order valence-electron chi connectivity index (χ0n) is 22.0. The van der Waals surface area contributed by atoms with Gasteiger partial charge in [-0.05, 0) is 63.0 Å². The summed E-state index contributed by atoms with van der Waals surface area (Å²) in [6.45, 7) is 3.34. The maximum atomic E-state index is 13.5. The summed E-state index contributed by atoms with van der Waals surface area (Å²) in [4.78, 5) is 33.0. The second kappa shape index (κ2) is 12.0. The maximum absolute atomic E-state index is 13.5. The van der Waals surface area contributed by atoms with Crippen molar-refractivity contribution in [3.63, 3.8) is 0 Å². The van der Waals surface area contributed by atoms with E-state index in [0.717, 1.165) is 18.7 Å². The Labute approximate surface area is 234 Å². The van der Waals surface area contributed by atoms with Crippen LogP contribution in [0.15, 0.2) is 59.6 Å². The fraction of sp³-hybridized carbons (Fsp3) is 0.250. The molecule has 0 unspecified atom stereocenters. The molecule has 0 saturated carbocycles. The summed E-state index contributed by atoms with van der Waals surface area (Å²) >= 11 is 6.21. The molecule has 1 heterocycles. The number of aliphatic imine (C=N–C) groups is 1. The molecule has 0 radical (unpaired) electrons. The van der Waals surface area contributed by atoms with Crippen LogP contribution in [0.1, 0.15) is 31.8 Å². The number of alkyl halides is 3. The third-order valence-electron chi connectivity index (χ3n) is 6.20. The Hall–Kier alpha value is -4.09. The van der Waals surface area contributed by atoms with Crippen LogP contribution in [0.5, 0.6) is 0 Å². The van der Waals surface area contributed by atoms with Crippen molar-refractivity contribution in [3.8, 4) is 0 Å². The number of hydrogen-bond donors (Lipinski definition) is 4. The van der Waals surface area contributed by atoms with Gasteiger partial charge in [-0.15, -0.1) is 0 Å². The smallest absolute Gasteiger partial charge is 0.376 e. The van der Waals surface area contributed by atoms with E-state index >= 15 is 0 Å². The lowest BCUT2D eigenvalue weighted by molar-refractivity contribution is -0.137. The van der Waals surface area contributed by atoms with Crippen molar-refractivity contribution < 1.29 is 22.8 Å². The number of anilines is 4. The quantitative estimate of drug-likeness (QED) is 0.280. The molecular formula is C28H28ClF3N6O2. The van der Waals surface area contributed by atoms with Crippen molar-refractivity contribution in [1.82, 2.24) is 4.90 Å². The van der Waals surface area contributed by atoms with Gasteiger partial charge in [-0.3, -0.25) is 14.6 Å². The molecule has 40 heavy (non-hydrogen) atoms. The van der Waals surface area contributed by atoms with Gasteiger partial charge in [-0.25, -0.2) is 0 Å². The summed E-state index contributed by atoms with van der Waals surface area (Å²) in [5.41, 5.74) is 0.731. The number of rotatable bonds is 7. The van der Waals surface area contributed by atoms with Gasteiger partial charge in [0.2, 0.25) is 0 Å². The lowest BCUT2D eigenvalue weighted by Gasteiger charge is -2.25. The first-order chi connectivity index (χ1) is 18.9. The number of carbonyl (C=O) groups is 2. The van der Waals surface area contributed by atoms with Crippen LogP contribution in [0.3, 0.4) is 0 Å². The molecule has 0 bridgehead atoms. The molecule has 0 spiro atoms. The first-order valence-corrected chi connectivity index (χ1v) is 12.7. The topological polar surface area (TPSA) is 97.9 Å². The number of amidine groups is 1. The number of benzene rings is 3. The fourth-order valence-corrected chi connectivity index (χ4v) is 4.25. The molecule has 210 valence electrons.